The molecule has 2 aromatic rings. The van der Waals surface area contributed by atoms with Crippen molar-refractivity contribution in [3.05, 3.63) is 65.7 Å². The Morgan fingerprint density at radius 3 is 2.07 bits per heavy atom. The SMILES string of the molecule is CC(=O)O.CC(=O)O.CCOC(=O)[C@H](CNC(=O)CN1CCN(c2ccc(C(=N)N)cc2)CC1=O)NS(=O)(=O)Cc1ccccc1. The highest BCUT2D eigenvalue weighted by Crippen LogP contribution is 2.18. The zero-order valence-corrected chi connectivity index (χ0v) is 26.6. The second-order valence-corrected chi connectivity index (χ2v) is 11.5. The van der Waals surface area contributed by atoms with Gasteiger partial charge < -0.3 is 35.8 Å². The molecule has 1 fully saturated rings. The molecule has 0 aromatic heterocycles. The molecule has 1 aliphatic heterocycles. The number of hydrogen-bond acceptors (Lipinski definition) is 10. The van der Waals surface area contributed by atoms with Crippen LogP contribution in [0.1, 0.15) is 31.9 Å². The molecule has 1 heterocycles. The van der Waals surface area contributed by atoms with E-state index in [1.807, 2.05) is 4.90 Å². The van der Waals surface area contributed by atoms with Gasteiger partial charge in [-0.3, -0.25) is 29.4 Å². The number of aliphatic carboxylic acids is 2. The largest absolute Gasteiger partial charge is 0.481 e. The van der Waals surface area contributed by atoms with Crippen LogP contribution in [0.3, 0.4) is 0 Å². The van der Waals surface area contributed by atoms with E-state index in [2.05, 4.69) is 10.0 Å². The standard InChI is InChI=1S/C25H32N6O6S.2C2H4O2/c1-2-37-25(34)21(29-38(35,36)17-18-6-4-3-5-7-18)14-28-22(32)15-31-13-12-30(16-23(31)33)20-10-8-19(9-11-20)24(26)27;2*1-2(3)4/h3-11,21,29H,2,12-17H2,1H3,(H3,26,27)(H,28,32);2*1H3,(H,3,4)/t21-;;/m0../s1. The minimum Gasteiger partial charge on any atom is -0.481 e. The number of amides is 2. The Bertz CT molecular complexity index is 1430. The minimum absolute atomic E-state index is 0.0416. The Morgan fingerprint density at radius 2 is 1.57 bits per heavy atom. The number of nitrogen functional groups attached to an aromatic ring is 1. The fraction of sp³-hybridized carbons (Fsp3) is 0.379. The van der Waals surface area contributed by atoms with Gasteiger partial charge in [-0.2, -0.15) is 4.72 Å². The number of carbonyl (C=O) groups is 5. The molecule has 1 atom stereocenters. The highest BCUT2D eigenvalue weighted by atomic mass is 32.2. The zero-order chi connectivity index (χ0) is 34.9. The number of carbonyl (C=O) groups excluding carboxylic acids is 3. The summed E-state index contributed by atoms with van der Waals surface area (Å²) in [4.78, 5) is 58.9. The molecular weight excluding hydrogens is 624 g/mol. The number of hydrogen-bond donors (Lipinski definition) is 6. The van der Waals surface area contributed by atoms with Crippen molar-refractivity contribution in [1.82, 2.24) is 14.9 Å². The number of nitrogens with one attached hydrogen (secondary N) is 3. The molecule has 46 heavy (non-hydrogen) atoms. The van der Waals surface area contributed by atoms with Gasteiger partial charge >= 0.3 is 5.97 Å². The van der Waals surface area contributed by atoms with Crippen LogP contribution in [0.4, 0.5) is 5.69 Å². The first-order valence-corrected chi connectivity index (χ1v) is 15.5. The van der Waals surface area contributed by atoms with E-state index in [0.29, 0.717) is 24.2 Å². The monoisotopic (exact) mass is 664 g/mol. The molecular formula is C29H40N6O10S. The van der Waals surface area contributed by atoms with Gasteiger partial charge in [-0.05, 0) is 36.8 Å². The molecule has 0 spiro atoms. The van der Waals surface area contributed by atoms with Gasteiger partial charge in [-0.15, -0.1) is 0 Å². The zero-order valence-electron chi connectivity index (χ0n) is 25.8. The van der Waals surface area contributed by atoms with Crippen molar-refractivity contribution < 1.29 is 47.3 Å². The Morgan fingerprint density at radius 1 is 1.00 bits per heavy atom. The maximum absolute atomic E-state index is 12.7. The van der Waals surface area contributed by atoms with Crippen molar-refractivity contribution in [3.8, 4) is 0 Å². The predicted molar refractivity (Wildman–Crippen MR) is 169 cm³/mol. The molecule has 7 N–H and O–H groups in total. The van der Waals surface area contributed by atoms with Gasteiger partial charge in [0, 0.05) is 44.7 Å². The van der Waals surface area contributed by atoms with Gasteiger partial charge in [-0.1, -0.05) is 30.3 Å². The molecule has 3 rings (SSSR count). The predicted octanol–water partition coefficient (Wildman–Crippen LogP) is -0.0314. The maximum Gasteiger partial charge on any atom is 0.325 e. The van der Waals surface area contributed by atoms with Gasteiger partial charge in [0.05, 0.1) is 25.4 Å². The first kappa shape index (κ1) is 39.0. The molecule has 252 valence electrons. The summed E-state index contributed by atoms with van der Waals surface area (Å²) in [6.07, 6.45) is 0. The number of nitrogens with two attached hydrogens (primary N) is 1. The number of carboxylic acid groups (broad SMARTS) is 2. The Kier molecular flexibility index (Phi) is 16.4. The second kappa shape index (κ2) is 19.4. The third kappa shape index (κ3) is 15.6. The fourth-order valence-corrected chi connectivity index (χ4v) is 5.19. The van der Waals surface area contributed by atoms with Gasteiger partial charge in [0.15, 0.2) is 0 Å². The number of anilines is 1. The highest BCUT2D eigenvalue weighted by molar-refractivity contribution is 7.88. The smallest absolute Gasteiger partial charge is 0.325 e. The summed E-state index contributed by atoms with van der Waals surface area (Å²) in [6, 6.07) is 14.1. The number of rotatable bonds is 12. The molecule has 0 saturated carbocycles. The summed E-state index contributed by atoms with van der Waals surface area (Å²) in [6.45, 7) is 4.09. The summed E-state index contributed by atoms with van der Waals surface area (Å²) in [5.74, 6) is -3.65. The lowest BCUT2D eigenvalue weighted by molar-refractivity contribution is -0.145. The summed E-state index contributed by atoms with van der Waals surface area (Å²) in [5.41, 5.74) is 7.40. The van der Waals surface area contributed by atoms with E-state index in [0.717, 1.165) is 19.5 Å². The molecule has 1 aliphatic rings. The number of nitrogens with zero attached hydrogens (tertiary/aromatic N) is 2. The topological polar surface area (TPSA) is 250 Å². The number of benzene rings is 2. The highest BCUT2D eigenvalue weighted by Gasteiger charge is 2.29. The molecule has 0 radical (unpaired) electrons. The summed E-state index contributed by atoms with van der Waals surface area (Å²) in [5, 5.41) is 24.8. The minimum atomic E-state index is -3.91. The lowest BCUT2D eigenvalue weighted by Crippen LogP contribution is -2.54. The summed E-state index contributed by atoms with van der Waals surface area (Å²) in [7, 11) is -3.91. The molecule has 2 aromatic carbocycles. The van der Waals surface area contributed by atoms with E-state index in [1.54, 1.807) is 61.5 Å². The average Bonchev–Trinajstić information content (AvgIpc) is 2.96. The number of ether oxygens (including phenoxy) is 1. The van der Waals surface area contributed by atoms with E-state index in [9.17, 15) is 22.8 Å². The van der Waals surface area contributed by atoms with Crippen LogP contribution in [0.5, 0.6) is 0 Å². The van der Waals surface area contributed by atoms with Crippen LogP contribution in [-0.2, 0) is 44.5 Å². The Hall–Kier alpha value is -5.03. The van der Waals surface area contributed by atoms with Gasteiger partial charge in [0.1, 0.15) is 11.9 Å². The lowest BCUT2D eigenvalue weighted by Gasteiger charge is -2.35. The average molecular weight is 665 g/mol. The van der Waals surface area contributed by atoms with Crippen molar-refractivity contribution in [1.29, 1.82) is 5.41 Å². The van der Waals surface area contributed by atoms with Crippen LogP contribution in [0, 0.1) is 5.41 Å². The molecule has 0 bridgehead atoms. The number of piperazine rings is 1. The van der Waals surface area contributed by atoms with Crippen molar-refractivity contribution in [2.45, 2.75) is 32.6 Å². The maximum atomic E-state index is 12.7. The van der Waals surface area contributed by atoms with E-state index in [1.165, 1.54) is 4.90 Å². The molecule has 0 aliphatic carbocycles. The summed E-state index contributed by atoms with van der Waals surface area (Å²) >= 11 is 0. The van der Waals surface area contributed by atoms with E-state index < -0.39 is 39.9 Å². The number of esters is 1. The van der Waals surface area contributed by atoms with Gasteiger partial charge in [0.25, 0.3) is 11.9 Å². The van der Waals surface area contributed by atoms with Crippen LogP contribution >= 0.6 is 0 Å². The summed E-state index contributed by atoms with van der Waals surface area (Å²) < 4.78 is 32.5. The van der Waals surface area contributed by atoms with E-state index in [-0.39, 0.29) is 43.7 Å². The first-order chi connectivity index (χ1) is 21.5. The van der Waals surface area contributed by atoms with Crippen molar-refractivity contribution in [2.75, 3.05) is 44.2 Å². The number of carboxylic acids is 2. The quantitative estimate of drug-likeness (QED) is 0.0994. The van der Waals surface area contributed by atoms with Gasteiger partial charge in [-0.25, -0.2) is 8.42 Å². The number of sulfonamides is 1. The third-order valence-corrected chi connectivity index (χ3v) is 7.15. The fourth-order valence-electron chi connectivity index (χ4n) is 3.86. The van der Waals surface area contributed by atoms with Crippen LogP contribution in [0.25, 0.3) is 0 Å². The van der Waals surface area contributed by atoms with E-state index in [4.69, 9.17) is 35.7 Å². The second-order valence-electron chi connectivity index (χ2n) is 9.71. The first-order valence-electron chi connectivity index (χ1n) is 13.9. The Balaban J connectivity index is 0.00000118. The van der Waals surface area contributed by atoms with Crippen LogP contribution < -0.4 is 20.7 Å². The van der Waals surface area contributed by atoms with Crippen molar-refractivity contribution >= 4 is 51.3 Å². The number of amidine groups is 1. The van der Waals surface area contributed by atoms with Crippen LogP contribution in [0.15, 0.2) is 54.6 Å². The molecule has 1 saturated heterocycles. The third-order valence-electron chi connectivity index (χ3n) is 5.79. The van der Waals surface area contributed by atoms with Gasteiger partial charge in [0.2, 0.25) is 21.8 Å². The van der Waals surface area contributed by atoms with E-state index >= 15 is 0 Å². The van der Waals surface area contributed by atoms with Crippen LogP contribution in [-0.4, -0.2) is 104 Å². The molecule has 16 nitrogen and oxygen atoms in total. The molecule has 17 heteroatoms. The molecule has 0 unspecified atom stereocenters. The van der Waals surface area contributed by atoms with Crippen molar-refractivity contribution in [3.63, 3.8) is 0 Å². The normalized spacial score (nSPS) is 13.2. The lowest BCUT2D eigenvalue weighted by atomic mass is 10.1. The van der Waals surface area contributed by atoms with Crippen LogP contribution in [0.2, 0.25) is 0 Å². The van der Waals surface area contributed by atoms with Crippen molar-refractivity contribution in [2.24, 2.45) is 5.73 Å². The molecule has 2 amide bonds. The Labute approximate surface area is 267 Å².